The molecule has 6 heteroatoms. The van der Waals surface area contributed by atoms with Crippen molar-refractivity contribution in [3.8, 4) is 0 Å². The number of nitrogens with zero attached hydrogens (tertiary/aromatic N) is 1. The van der Waals surface area contributed by atoms with Crippen LogP contribution in [0.3, 0.4) is 0 Å². The molecule has 1 aliphatic rings. The van der Waals surface area contributed by atoms with Crippen LogP contribution in [0.25, 0.3) is 0 Å². The van der Waals surface area contributed by atoms with Gasteiger partial charge in [-0.05, 0) is 18.6 Å². The molecule has 0 bridgehead atoms. The second kappa shape index (κ2) is 4.31. The van der Waals surface area contributed by atoms with Gasteiger partial charge in [0.2, 0.25) is 0 Å². The zero-order valence-electron chi connectivity index (χ0n) is 9.56. The number of rotatable bonds is 4. The maximum Gasteiger partial charge on any atom is 0.292 e. The quantitative estimate of drug-likeness (QED) is 0.528. The van der Waals surface area contributed by atoms with Crippen molar-refractivity contribution in [3.63, 3.8) is 0 Å². The number of β-amino-alcohol motifs (C(OH)–C–C–N with tert-alkyl or cyclic N) is 1. The van der Waals surface area contributed by atoms with Gasteiger partial charge < -0.3 is 15.7 Å². The highest BCUT2D eigenvalue weighted by Gasteiger charge is 2.34. The van der Waals surface area contributed by atoms with Crippen molar-refractivity contribution in [2.45, 2.75) is 12.5 Å². The van der Waals surface area contributed by atoms with Crippen LogP contribution in [0.15, 0.2) is 18.2 Å². The van der Waals surface area contributed by atoms with E-state index in [0.717, 1.165) is 5.56 Å². The Bertz CT molecular complexity index is 444. The minimum Gasteiger partial charge on any atom is -0.385 e. The minimum atomic E-state index is -0.793. The predicted molar refractivity (Wildman–Crippen MR) is 64.1 cm³/mol. The lowest BCUT2D eigenvalue weighted by Gasteiger charge is -2.37. The van der Waals surface area contributed by atoms with E-state index in [1.165, 1.54) is 6.07 Å². The van der Waals surface area contributed by atoms with Crippen LogP contribution >= 0.6 is 0 Å². The zero-order valence-corrected chi connectivity index (χ0v) is 9.56. The van der Waals surface area contributed by atoms with Crippen molar-refractivity contribution in [2.75, 3.05) is 25.0 Å². The molecule has 6 nitrogen and oxygen atoms in total. The number of aryl methyl sites for hydroxylation is 1. The van der Waals surface area contributed by atoms with Crippen LogP contribution < -0.4 is 10.6 Å². The van der Waals surface area contributed by atoms with Gasteiger partial charge in [-0.1, -0.05) is 6.07 Å². The third-order valence-electron chi connectivity index (χ3n) is 2.87. The first-order chi connectivity index (χ1) is 8.00. The van der Waals surface area contributed by atoms with E-state index >= 15 is 0 Å². The smallest absolute Gasteiger partial charge is 0.292 e. The number of nitrogens with one attached hydrogen (secondary N) is 2. The number of aliphatic hydroxyl groups is 1. The first-order valence-electron chi connectivity index (χ1n) is 5.42. The maximum atomic E-state index is 10.9. The highest BCUT2D eigenvalue weighted by molar-refractivity contribution is 5.62. The minimum absolute atomic E-state index is 0.0425. The predicted octanol–water partition coefficient (Wildman–Crippen LogP) is 0.649. The number of hydrogen-bond acceptors (Lipinski definition) is 5. The summed E-state index contributed by atoms with van der Waals surface area (Å²) < 4.78 is 0. The monoisotopic (exact) mass is 237 g/mol. The van der Waals surface area contributed by atoms with E-state index in [1.54, 1.807) is 19.1 Å². The van der Waals surface area contributed by atoms with E-state index in [0.29, 0.717) is 25.3 Å². The summed E-state index contributed by atoms with van der Waals surface area (Å²) in [5, 5.41) is 26.6. The largest absolute Gasteiger partial charge is 0.385 e. The number of nitro benzene ring substituents is 1. The highest BCUT2D eigenvalue weighted by Crippen LogP contribution is 2.26. The molecule has 1 aromatic rings. The Balaban J connectivity index is 2.12. The first-order valence-corrected chi connectivity index (χ1v) is 5.42. The molecule has 0 aromatic heterocycles. The Hall–Kier alpha value is -1.66. The summed E-state index contributed by atoms with van der Waals surface area (Å²) in [5.41, 5.74) is 0.534. The van der Waals surface area contributed by atoms with Gasteiger partial charge in [0.25, 0.3) is 5.69 Å². The van der Waals surface area contributed by atoms with Crippen LogP contribution in [0.5, 0.6) is 0 Å². The SMILES string of the molecule is Cc1ccc(NCC2(O)CNC2)c([N+](=O)[O-])c1. The van der Waals surface area contributed by atoms with Gasteiger partial charge in [0.15, 0.2) is 0 Å². The lowest BCUT2D eigenvalue weighted by atomic mass is 9.97. The summed E-state index contributed by atoms with van der Waals surface area (Å²) in [6.07, 6.45) is 0. The Morgan fingerprint density at radius 1 is 1.59 bits per heavy atom. The van der Waals surface area contributed by atoms with Gasteiger partial charge in [-0.15, -0.1) is 0 Å². The summed E-state index contributed by atoms with van der Waals surface area (Å²) in [4.78, 5) is 10.5. The number of anilines is 1. The fraction of sp³-hybridized carbons (Fsp3) is 0.455. The molecular weight excluding hydrogens is 222 g/mol. The molecule has 0 atom stereocenters. The highest BCUT2D eigenvalue weighted by atomic mass is 16.6. The molecule has 1 aromatic carbocycles. The normalized spacial score (nSPS) is 17.3. The van der Waals surface area contributed by atoms with Crippen molar-refractivity contribution in [3.05, 3.63) is 33.9 Å². The van der Waals surface area contributed by atoms with Crippen molar-refractivity contribution < 1.29 is 10.0 Å². The lowest BCUT2D eigenvalue weighted by molar-refractivity contribution is -0.384. The summed E-state index contributed by atoms with van der Waals surface area (Å²) in [6, 6.07) is 4.99. The summed E-state index contributed by atoms with van der Waals surface area (Å²) >= 11 is 0. The lowest BCUT2D eigenvalue weighted by Crippen LogP contribution is -2.63. The maximum absolute atomic E-state index is 10.9. The second-order valence-electron chi connectivity index (χ2n) is 4.46. The molecule has 2 rings (SSSR count). The molecule has 0 aliphatic carbocycles. The average Bonchev–Trinajstić information content (AvgIpc) is 2.24. The second-order valence-corrected chi connectivity index (χ2v) is 4.46. The fourth-order valence-electron chi connectivity index (χ4n) is 1.74. The van der Waals surface area contributed by atoms with E-state index < -0.39 is 10.5 Å². The van der Waals surface area contributed by atoms with Gasteiger partial charge in [-0.25, -0.2) is 0 Å². The molecule has 3 N–H and O–H groups in total. The van der Waals surface area contributed by atoms with E-state index in [9.17, 15) is 15.2 Å². The third kappa shape index (κ3) is 2.54. The fourth-order valence-corrected chi connectivity index (χ4v) is 1.74. The van der Waals surface area contributed by atoms with Gasteiger partial charge in [0.05, 0.1) is 4.92 Å². The van der Waals surface area contributed by atoms with Crippen LogP contribution in [0.1, 0.15) is 5.56 Å². The molecule has 17 heavy (non-hydrogen) atoms. The van der Waals surface area contributed by atoms with E-state index in [-0.39, 0.29) is 5.69 Å². The Labute approximate surface area is 98.8 Å². The van der Waals surface area contributed by atoms with Crippen molar-refractivity contribution in [2.24, 2.45) is 0 Å². The van der Waals surface area contributed by atoms with Gasteiger partial charge >= 0.3 is 0 Å². The topological polar surface area (TPSA) is 87.4 Å². The molecule has 0 spiro atoms. The standard InChI is InChI=1S/C11H15N3O3/c1-8-2-3-9(10(4-8)14(16)17)13-7-11(15)5-12-6-11/h2-4,12-13,15H,5-7H2,1H3. The van der Waals surface area contributed by atoms with Crippen molar-refractivity contribution in [1.29, 1.82) is 0 Å². The van der Waals surface area contributed by atoms with Crippen molar-refractivity contribution >= 4 is 11.4 Å². The molecule has 0 radical (unpaired) electrons. The van der Waals surface area contributed by atoms with Gasteiger partial charge in [0.1, 0.15) is 11.3 Å². The van der Waals surface area contributed by atoms with Gasteiger partial charge in [-0.3, -0.25) is 10.1 Å². The summed E-state index contributed by atoms with van der Waals surface area (Å²) in [6.45, 7) is 3.14. The van der Waals surface area contributed by atoms with E-state index in [1.807, 2.05) is 0 Å². The zero-order chi connectivity index (χ0) is 12.5. The van der Waals surface area contributed by atoms with Crippen LogP contribution in [-0.2, 0) is 0 Å². The summed E-state index contributed by atoms with van der Waals surface area (Å²) in [7, 11) is 0. The Morgan fingerprint density at radius 2 is 2.29 bits per heavy atom. The third-order valence-corrected chi connectivity index (χ3v) is 2.87. The van der Waals surface area contributed by atoms with Crippen LogP contribution in [0, 0.1) is 17.0 Å². The molecule has 1 saturated heterocycles. The first kappa shape index (κ1) is 11.8. The van der Waals surface area contributed by atoms with Gasteiger partial charge in [-0.2, -0.15) is 0 Å². The molecule has 0 amide bonds. The van der Waals surface area contributed by atoms with Crippen LogP contribution in [0.2, 0.25) is 0 Å². The van der Waals surface area contributed by atoms with E-state index in [2.05, 4.69) is 10.6 Å². The number of hydrogen-bond donors (Lipinski definition) is 3. The molecule has 1 aliphatic heterocycles. The molecule has 92 valence electrons. The summed E-state index contributed by atoms with van der Waals surface area (Å²) in [5.74, 6) is 0. The van der Waals surface area contributed by atoms with Crippen LogP contribution in [0.4, 0.5) is 11.4 Å². The molecule has 0 saturated carbocycles. The van der Waals surface area contributed by atoms with Gasteiger partial charge in [0, 0.05) is 25.7 Å². The van der Waals surface area contributed by atoms with Crippen molar-refractivity contribution in [1.82, 2.24) is 5.32 Å². The average molecular weight is 237 g/mol. The Morgan fingerprint density at radius 3 is 2.82 bits per heavy atom. The Kier molecular flexibility index (Phi) is 2.99. The molecular formula is C11H15N3O3. The molecule has 1 fully saturated rings. The number of nitro groups is 1. The number of benzene rings is 1. The molecule has 0 unspecified atom stereocenters. The van der Waals surface area contributed by atoms with E-state index in [4.69, 9.17) is 0 Å². The van der Waals surface area contributed by atoms with Crippen LogP contribution in [-0.4, -0.2) is 35.3 Å². The molecule has 1 heterocycles.